The summed E-state index contributed by atoms with van der Waals surface area (Å²) in [7, 11) is 0. The Bertz CT molecular complexity index is 1190. The van der Waals surface area contributed by atoms with Crippen LogP contribution in [0, 0.1) is 5.92 Å². The van der Waals surface area contributed by atoms with Crippen LogP contribution in [0.1, 0.15) is 83.5 Å². The molecular weight excluding hydrogens is 492 g/mol. The third-order valence-corrected chi connectivity index (χ3v) is 7.78. The van der Waals surface area contributed by atoms with Crippen molar-refractivity contribution in [3.05, 3.63) is 88.2 Å². The second-order valence-electron chi connectivity index (χ2n) is 9.20. The number of carbonyl (C=O) groups is 2. The van der Waals surface area contributed by atoms with Gasteiger partial charge in [-0.25, -0.2) is 4.79 Å². The van der Waals surface area contributed by atoms with Crippen molar-refractivity contribution in [2.24, 2.45) is 5.92 Å². The van der Waals surface area contributed by atoms with Gasteiger partial charge in [-0.1, -0.05) is 49.9 Å². The maximum absolute atomic E-state index is 13.1. The molecule has 5 nitrogen and oxygen atoms in total. The molecule has 36 heavy (non-hydrogen) atoms. The molecule has 4 rings (SSSR count). The van der Waals surface area contributed by atoms with Gasteiger partial charge in [-0.3, -0.25) is 9.78 Å². The number of unbranched alkanes of at least 4 members (excludes halogenated alkanes) is 3. The fourth-order valence-corrected chi connectivity index (χ4v) is 5.35. The first-order valence-corrected chi connectivity index (χ1v) is 13.9. The minimum atomic E-state index is -1.03. The molecule has 1 fully saturated rings. The van der Waals surface area contributed by atoms with Crippen molar-refractivity contribution in [2.75, 3.05) is 11.1 Å². The Balaban J connectivity index is 1.44. The van der Waals surface area contributed by atoms with E-state index in [0.717, 1.165) is 30.7 Å². The summed E-state index contributed by atoms with van der Waals surface area (Å²) in [5, 5.41) is 14.0. The number of aromatic carboxylic acids is 1. The fraction of sp³-hybridized carbons (Fsp3) is 0.345. The van der Waals surface area contributed by atoms with E-state index < -0.39 is 5.97 Å². The van der Waals surface area contributed by atoms with Crippen LogP contribution in [-0.4, -0.2) is 27.6 Å². The molecule has 0 bridgehead atoms. The number of hydrogen-bond donors (Lipinski definition) is 2. The summed E-state index contributed by atoms with van der Waals surface area (Å²) in [6.45, 7) is 2.16. The first-order valence-electron chi connectivity index (χ1n) is 12.5. The van der Waals surface area contributed by atoms with Gasteiger partial charge in [0.15, 0.2) is 0 Å². The summed E-state index contributed by atoms with van der Waals surface area (Å²) in [6, 6.07) is 16.5. The SMILES string of the molecule is CCCCCCSc1ccc(C(=O)c2ccc(NC(c3ccc(Cl)cc3)C3CC3)cn2)cc1C(=O)O. The lowest BCUT2D eigenvalue weighted by molar-refractivity contribution is 0.0693. The van der Waals surface area contributed by atoms with E-state index in [1.165, 1.54) is 42.7 Å². The van der Waals surface area contributed by atoms with Gasteiger partial charge in [0.25, 0.3) is 0 Å². The van der Waals surface area contributed by atoms with Crippen molar-refractivity contribution in [1.82, 2.24) is 4.98 Å². The van der Waals surface area contributed by atoms with Crippen LogP contribution in [-0.2, 0) is 0 Å². The van der Waals surface area contributed by atoms with E-state index in [4.69, 9.17) is 11.6 Å². The van der Waals surface area contributed by atoms with Gasteiger partial charge in [0.2, 0.25) is 5.78 Å². The Hall–Kier alpha value is -2.83. The molecule has 7 heteroatoms. The number of benzene rings is 2. The molecule has 1 unspecified atom stereocenters. The predicted octanol–water partition coefficient (Wildman–Crippen LogP) is 7.90. The normalized spacial score (nSPS) is 13.8. The maximum Gasteiger partial charge on any atom is 0.336 e. The number of aromatic nitrogens is 1. The Kier molecular flexibility index (Phi) is 9.05. The molecule has 1 aliphatic carbocycles. The van der Waals surface area contributed by atoms with E-state index in [0.29, 0.717) is 21.4 Å². The highest BCUT2D eigenvalue weighted by Gasteiger charge is 2.32. The third kappa shape index (κ3) is 6.89. The van der Waals surface area contributed by atoms with Gasteiger partial charge >= 0.3 is 5.97 Å². The molecule has 0 amide bonds. The first-order chi connectivity index (χ1) is 17.5. The van der Waals surface area contributed by atoms with Gasteiger partial charge in [-0.15, -0.1) is 11.8 Å². The number of thioether (sulfide) groups is 1. The Morgan fingerprint density at radius 3 is 2.50 bits per heavy atom. The molecule has 0 saturated heterocycles. The number of pyridine rings is 1. The summed E-state index contributed by atoms with van der Waals surface area (Å²) in [5.74, 6) is 0.105. The standard InChI is InChI=1S/C29H31ClN2O3S/c1-2-3-4-5-16-36-26-15-10-21(17-24(26)29(34)35)28(33)25-14-13-23(18-31-25)32-27(19-6-7-19)20-8-11-22(30)12-9-20/h8-15,17-19,27,32H,2-7,16H2,1H3,(H,34,35). The van der Waals surface area contributed by atoms with Gasteiger partial charge in [0, 0.05) is 15.5 Å². The number of carboxylic acid groups (broad SMARTS) is 1. The molecule has 3 aromatic rings. The lowest BCUT2D eigenvalue weighted by atomic mass is 10.0. The monoisotopic (exact) mass is 522 g/mol. The molecule has 0 aliphatic heterocycles. The molecule has 1 aliphatic rings. The number of hydrogen-bond acceptors (Lipinski definition) is 5. The molecule has 2 aromatic carbocycles. The van der Waals surface area contributed by atoms with E-state index in [2.05, 4.69) is 17.2 Å². The van der Waals surface area contributed by atoms with Crippen LogP contribution in [0.2, 0.25) is 5.02 Å². The zero-order valence-corrected chi connectivity index (χ0v) is 21.9. The Labute approximate surface area is 221 Å². The van der Waals surface area contributed by atoms with Crippen LogP contribution in [0.3, 0.4) is 0 Å². The number of nitrogens with zero attached hydrogens (tertiary/aromatic N) is 1. The molecule has 0 spiro atoms. The number of nitrogens with one attached hydrogen (secondary N) is 1. The summed E-state index contributed by atoms with van der Waals surface area (Å²) >= 11 is 7.58. The quantitative estimate of drug-likeness (QED) is 0.135. The fourth-order valence-electron chi connectivity index (χ4n) is 4.19. The van der Waals surface area contributed by atoms with E-state index in [-0.39, 0.29) is 23.1 Å². The molecule has 1 aromatic heterocycles. The van der Waals surface area contributed by atoms with E-state index in [9.17, 15) is 14.7 Å². The summed E-state index contributed by atoms with van der Waals surface area (Å²) < 4.78 is 0. The van der Waals surface area contributed by atoms with Crippen LogP contribution < -0.4 is 5.32 Å². The van der Waals surface area contributed by atoms with Crippen molar-refractivity contribution in [3.8, 4) is 0 Å². The lowest BCUT2D eigenvalue weighted by Crippen LogP contribution is -2.13. The number of halogens is 1. The lowest BCUT2D eigenvalue weighted by Gasteiger charge is -2.20. The third-order valence-electron chi connectivity index (χ3n) is 6.37. The van der Waals surface area contributed by atoms with Gasteiger partial charge < -0.3 is 10.4 Å². The van der Waals surface area contributed by atoms with Crippen molar-refractivity contribution in [2.45, 2.75) is 56.4 Å². The smallest absolute Gasteiger partial charge is 0.336 e. The summed E-state index contributed by atoms with van der Waals surface area (Å²) in [5.41, 5.74) is 2.78. The van der Waals surface area contributed by atoms with Gasteiger partial charge in [0.05, 0.1) is 23.5 Å². The van der Waals surface area contributed by atoms with E-state index >= 15 is 0 Å². The number of anilines is 1. The molecule has 188 valence electrons. The minimum absolute atomic E-state index is 0.162. The molecular formula is C29H31ClN2O3S. The van der Waals surface area contributed by atoms with Crippen molar-refractivity contribution in [3.63, 3.8) is 0 Å². The van der Waals surface area contributed by atoms with Crippen molar-refractivity contribution >= 4 is 40.8 Å². The van der Waals surface area contributed by atoms with Gasteiger partial charge in [-0.2, -0.15) is 0 Å². The highest BCUT2D eigenvalue weighted by Crippen LogP contribution is 2.43. The average Bonchev–Trinajstić information content (AvgIpc) is 3.73. The van der Waals surface area contributed by atoms with E-state index in [1.54, 1.807) is 24.4 Å². The van der Waals surface area contributed by atoms with Crippen LogP contribution in [0.5, 0.6) is 0 Å². The number of carboxylic acids is 1. The predicted molar refractivity (Wildman–Crippen MR) is 146 cm³/mol. The maximum atomic E-state index is 13.1. The van der Waals surface area contributed by atoms with Crippen LogP contribution >= 0.6 is 23.4 Å². The van der Waals surface area contributed by atoms with Crippen molar-refractivity contribution in [1.29, 1.82) is 0 Å². The first kappa shape index (κ1) is 26.2. The second kappa shape index (κ2) is 12.4. The Morgan fingerprint density at radius 2 is 1.86 bits per heavy atom. The number of rotatable bonds is 13. The van der Waals surface area contributed by atoms with Crippen molar-refractivity contribution < 1.29 is 14.7 Å². The van der Waals surface area contributed by atoms with Crippen LogP contribution in [0.15, 0.2) is 65.7 Å². The topological polar surface area (TPSA) is 79.3 Å². The Morgan fingerprint density at radius 1 is 1.08 bits per heavy atom. The zero-order valence-electron chi connectivity index (χ0n) is 20.4. The van der Waals surface area contributed by atoms with Crippen LogP contribution in [0.25, 0.3) is 0 Å². The van der Waals surface area contributed by atoms with Gasteiger partial charge in [-0.05, 0) is 79.0 Å². The zero-order chi connectivity index (χ0) is 25.5. The molecule has 0 radical (unpaired) electrons. The summed E-state index contributed by atoms with van der Waals surface area (Å²) in [4.78, 5) is 30.0. The second-order valence-corrected chi connectivity index (χ2v) is 10.8. The van der Waals surface area contributed by atoms with Crippen LogP contribution in [0.4, 0.5) is 5.69 Å². The number of carbonyl (C=O) groups excluding carboxylic acids is 1. The largest absolute Gasteiger partial charge is 0.478 e. The average molecular weight is 523 g/mol. The highest BCUT2D eigenvalue weighted by atomic mass is 35.5. The molecule has 1 heterocycles. The molecule has 1 saturated carbocycles. The van der Waals surface area contributed by atoms with Gasteiger partial charge in [0.1, 0.15) is 5.69 Å². The highest BCUT2D eigenvalue weighted by molar-refractivity contribution is 7.99. The summed E-state index contributed by atoms with van der Waals surface area (Å²) in [6.07, 6.45) is 8.53. The number of ketones is 1. The molecule has 2 N–H and O–H groups in total. The van der Waals surface area contributed by atoms with E-state index in [1.807, 2.05) is 30.3 Å². The molecule has 1 atom stereocenters. The minimum Gasteiger partial charge on any atom is -0.478 e.